The van der Waals surface area contributed by atoms with E-state index in [1.165, 1.54) is 11.6 Å². The molecule has 0 spiro atoms. The van der Waals surface area contributed by atoms with Gasteiger partial charge >= 0.3 is 0 Å². The van der Waals surface area contributed by atoms with E-state index in [0.717, 1.165) is 17.8 Å². The number of hydrogen-bond donors (Lipinski definition) is 1. The molecule has 4 heteroatoms. The Balaban J connectivity index is 2.37. The lowest BCUT2D eigenvalue weighted by Crippen LogP contribution is -2.24. The van der Waals surface area contributed by atoms with Crippen molar-refractivity contribution >= 4 is 11.3 Å². The maximum absolute atomic E-state index is 13.9. The van der Waals surface area contributed by atoms with Crippen molar-refractivity contribution in [1.29, 1.82) is 0 Å². The first kappa shape index (κ1) is 13.2. The highest BCUT2D eigenvalue weighted by molar-refractivity contribution is 7.10. The van der Waals surface area contributed by atoms with Crippen LogP contribution in [0.3, 0.4) is 0 Å². The van der Waals surface area contributed by atoms with Crippen LogP contribution < -0.4 is 5.32 Å². The van der Waals surface area contributed by atoms with Gasteiger partial charge < -0.3 is 5.32 Å². The van der Waals surface area contributed by atoms with Gasteiger partial charge in [-0.25, -0.2) is 4.39 Å². The summed E-state index contributed by atoms with van der Waals surface area (Å²) in [6, 6.07) is 5.00. The van der Waals surface area contributed by atoms with Gasteiger partial charge in [0.1, 0.15) is 5.82 Å². The first-order chi connectivity index (χ1) is 8.74. The molecule has 2 aromatic rings. The predicted molar refractivity (Wildman–Crippen MR) is 73.4 cm³/mol. The molecule has 1 N–H and O–H groups in total. The van der Waals surface area contributed by atoms with E-state index in [4.69, 9.17) is 0 Å². The van der Waals surface area contributed by atoms with Crippen molar-refractivity contribution in [2.45, 2.75) is 26.3 Å². The highest BCUT2D eigenvalue weighted by Gasteiger charge is 2.21. The van der Waals surface area contributed by atoms with E-state index in [0.29, 0.717) is 5.69 Å². The summed E-state index contributed by atoms with van der Waals surface area (Å²) in [6.07, 6.45) is 2.65. The number of hydrogen-bond acceptors (Lipinski definition) is 3. The number of rotatable bonds is 5. The Labute approximate surface area is 111 Å². The molecule has 2 rings (SSSR count). The van der Waals surface area contributed by atoms with Crippen LogP contribution in [0.5, 0.6) is 0 Å². The van der Waals surface area contributed by atoms with Crippen LogP contribution in [0.2, 0.25) is 0 Å². The van der Waals surface area contributed by atoms with Crippen LogP contribution >= 0.6 is 11.3 Å². The summed E-state index contributed by atoms with van der Waals surface area (Å²) >= 11 is 1.64. The highest BCUT2D eigenvalue weighted by Crippen LogP contribution is 2.29. The van der Waals surface area contributed by atoms with Gasteiger partial charge in [-0.1, -0.05) is 6.92 Å². The summed E-state index contributed by atoms with van der Waals surface area (Å²) in [5.74, 6) is -0.251. The Bertz CT molecular complexity index is 510. The average molecular weight is 264 g/mol. The van der Waals surface area contributed by atoms with Crippen LogP contribution in [0.4, 0.5) is 4.39 Å². The number of nitrogens with one attached hydrogen (secondary N) is 1. The molecule has 0 aliphatic rings. The van der Waals surface area contributed by atoms with E-state index in [-0.39, 0.29) is 11.9 Å². The molecule has 2 aromatic heterocycles. The molecule has 2 heterocycles. The zero-order valence-corrected chi connectivity index (χ0v) is 11.4. The van der Waals surface area contributed by atoms with Crippen LogP contribution in [-0.2, 0) is 0 Å². The van der Waals surface area contributed by atoms with Gasteiger partial charge in [-0.3, -0.25) is 4.98 Å². The molecule has 96 valence electrons. The monoisotopic (exact) mass is 264 g/mol. The minimum Gasteiger partial charge on any atom is -0.304 e. The van der Waals surface area contributed by atoms with Crippen LogP contribution in [0, 0.1) is 12.7 Å². The van der Waals surface area contributed by atoms with Crippen molar-refractivity contribution < 1.29 is 4.39 Å². The summed E-state index contributed by atoms with van der Waals surface area (Å²) in [5, 5.41) is 5.41. The smallest absolute Gasteiger partial charge is 0.146 e. The molecule has 0 amide bonds. The van der Waals surface area contributed by atoms with E-state index in [2.05, 4.69) is 23.3 Å². The van der Waals surface area contributed by atoms with E-state index < -0.39 is 0 Å². The van der Waals surface area contributed by atoms with E-state index >= 15 is 0 Å². The second-order valence-electron chi connectivity index (χ2n) is 4.23. The molecule has 0 bridgehead atoms. The van der Waals surface area contributed by atoms with Gasteiger partial charge in [-0.05, 0) is 49.0 Å². The van der Waals surface area contributed by atoms with Gasteiger partial charge in [-0.15, -0.1) is 11.3 Å². The summed E-state index contributed by atoms with van der Waals surface area (Å²) in [6.45, 7) is 4.99. The first-order valence-electron chi connectivity index (χ1n) is 6.11. The quantitative estimate of drug-likeness (QED) is 0.891. The number of nitrogens with zero attached hydrogens (tertiary/aromatic N) is 1. The molecule has 0 saturated carbocycles. The van der Waals surface area contributed by atoms with Gasteiger partial charge in [0, 0.05) is 11.1 Å². The van der Waals surface area contributed by atoms with Crippen molar-refractivity contribution in [3.05, 3.63) is 51.7 Å². The largest absolute Gasteiger partial charge is 0.304 e. The second kappa shape index (κ2) is 6.07. The molecule has 0 radical (unpaired) electrons. The molecular formula is C14H17FN2S. The number of pyridine rings is 1. The van der Waals surface area contributed by atoms with Crippen LogP contribution in [0.1, 0.15) is 35.5 Å². The van der Waals surface area contributed by atoms with Crippen molar-refractivity contribution in [2.24, 2.45) is 0 Å². The van der Waals surface area contributed by atoms with Gasteiger partial charge in [0.25, 0.3) is 0 Å². The molecule has 0 aliphatic heterocycles. The molecule has 1 atom stereocenters. The number of halogens is 1. The third-order valence-electron chi connectivity index (χ3n) is 2.82. The van der Waals surface area contributed by atoms with Crippen molar-refractivity contribution in [2.75, 3.05) is 6.54 Å². The molecule has 0 saturated heterocycles. The topological polar surface area (TPSA) is 24.9 Å². The van der Waals surface area contributed by atoms with Crippen LogP contribution in [0.15, 0.2) is 29.8 Å². The second-order valence-corrected chi connectivity index (χ2v) is 5.17. The van der Waals surface area contributed by atoms with Gasteiger partial charge in [0.15, 0.2) is 0 Å². The zero-order valence-electron chi connectivity index (χ0n) is 10.6. The molecule has 0 aliphatic carbocycles. The van der Waals surface area contributed by atoms with E-state index in [1.54, 1.807) is 23.6 Å². The normalized spacial score (nSPS) is 12.6. The number of aryl methyl sites for hydroxylation is 1. The Morgan fingerprint density at radius 1 is 1.44 bits per heavy atom. The van der Waals surface area contributed by atoms with Crippen molar-refractivity contribution in [1.82, 2.24) is 10.3 Å². The minimum absolute atomic E-state index is 0.147. The molecule has 0 fully saturated rings. The molecule has 0 aromatic carbocycles. The third-order valence-corrected chi connectivity index (χ3v) is 3.91. The predicted octanol–water partition coefficient (Wildman–Crippen LogP) is 3.68. The number of aromatic nitrogens is 1. The van der Waals surface area contributed by atoms with Crippen molar-refractivity contribution in [3.8, 4) is 0 Å². The Kier molecular flexibility index (Phi) is 4.44. The fourth-order valence-corrected chi connectivity index (χ4v) is 2.90. The number of thiophene rings is 1. The lowest BCUT2D eigenvalue weighted by atomic mass is 10.1. The van der Waals surface area contributed by atoms with Crippen LogP contribution in [0.25, 0.3) is 0 Å². The fraction of sp³-hybridized carbons (Fsp3) is 0.357. The Morgan fingerprint density at radius 2 is 2.28 bits per heavy atom. The zero-order chi connectivity index (χ0) is 13.0. The SMILES string of the molecule is CCCNC(c1ncccc1F)c1sccc1C. The standard InChI is InChI=1S/C14H17FN2S/c1-3-7-16-13(14-10(2)6-9-18-14)12-11(15)5-4-8-17-12/h4-6,8-9,13,16H,3,7H2,1-2H3. The van der Waals surface area contributed by atoms with E-state index in [9.17, 15) is 4.39 Å². The average Bonchev–Trinajstić information content (AvgIpc) is 2.78. The Hall–Kier alpha value is -1.26. The Morgan fingerprint density at radius 3 is 2.89 bits per heavy atom. The fourth-order valence-electron chi connectivity index (χ4n) is 1.89. The maximum atomic E-state index is 13.9. The molecule has 2 nitrogen and oxygen atoms in total. The highest BCUT2D eigenvalue weighted by atomic mass is 32.1. The lowest BCUT2D eigenvalue weighted by Gasteiger charge is -2.18. The molecule has 18 heavy (non-hydrogen) atoms. The van der Waals surface area contributed by atoms with Gasteiger partial charge in [0.2, 0.25) is 0 Å². The summed E-state index contributed by atoms with van der Waals surface area (Å²) in [5.41, 5.74) is 1.66. The minimum atomic E-state index is -0.251. The molecule has 1 unspecified atom stereocenters. The lowest BCUT2D eigenvalue weighted by molar-refractivity contribution is 0.535. The van der Waals surface area contributed by atoms with Crippen molar-refractivity contribution in [3.63, 3.8) is 0 Å². The molecular weight excluding hydrogens is 247 g/mol. The van der Waals surface area contributed by atoms with Gasteiger partial charge in [-0.2, -0.15) is 0 Å². The summed E-state index contributed by atoms with van der Waals surface area (Å²) < 4.78 is 13.9. The first-order valence-corrected chi connectivity index (χ1v) is 6.99. The van der Waals surface area contributed by atoms with Gasteiger partial charge in [0.05, 0.1) is 11.7 Å². The van der Waals surface area contributed by atoms with E-state index in [1.807, 2.05) is 12.3 Å². The third kappa shape index (κ3) is 2.76. The van der Waals surface area contributed by atoms with Crippen LogP contribution in [-0.4, -0.2) is 11.5 Å². The maximum Gasteiger partial charge on any atom is 0.146 e. The summed E-state index contributed by atoms with van der Waals surface area (Å²) in [7, 11) is 0. The summed E-state index contributed by atoms with van der Waals surface area (Å²) in [4.78, 5) is 5.34.